The van der Waals surface area contributed by atoms with Gasteiger partial charge in [-0.2, -0.15) is 0 Å². The normalized spacial score (nSPS) is 29.9. The third-order valence-corrected chi connectivity index (χ3v) is 5.12. The Kier molecular flexibility index (Phi) is 4.02. The minimum atomic E-state index is 0.187. The summed E-state index contributed by atoms with van der Waals surface area (Å²) >= 11 is 0. The molecular weight excluding hydrogens is 246 g/mol. The Balaban J connectivity index is 1.58. The highest BCUT2D eigenvalue weighted by atomic mass is 16.5. The summed E-state index contributed by atoms with van der Waals surface area (Å²) in [5.41, 5.74) is 7.67. The van der Waals surface area contributed by atoms with E-state index in [9.17, 15) is 0 Å². The van der Waals surface area contributed by atoms with Crippen LogP contribution in [0, 0.1) is 17.8 Å². The van der Waals surface area contributed by atoms with Crippen LogP contribution in [0.25, 0.3) is 0 Å². The van der Waals surface area contributed by atoms with Crippen molar-refractivity contribution in [3.63, 3.8) is 0 Å². The standard InChI is InChI=1S/C18H27NO/c1-12(2)20-17-7-5-14(6-8-17)18(19)11-16-10-13-3-4-15(16)9-13/h5-8,12-13,15-16,18H,3-4,9-11,19H2,1-2H3. The fourth-order valence-corrected chi connectivity index (χ4v) is 4.19. The quantitative estimate of drug-likeness (QED) is 0.868. The molecule has 110 valence electrons. The van der Waals surface area contributed by atoms with Crippen molar-refractivity contribution in [3.05, 3.63) is 29.8 Å². The van der Waals surface area contributed by atoms with Crippen LogP contribution in [0.15, 0.2) is 24.3 Å². The van der Waals surface area contributed by atoms with E-state index >= 15 is 0 Å². The van der Waals surface area contributed by atoms with Gasteiger partial charge in [-0.3, -0.25) is 0 Å². The maximum absolute atomic E-state index is 6.42. The summed E-state index contributed by atoms with van der Waals surface area (Å²) in [6.45, 7) is 4.10. The molecule has 2 saturated carbocycles. The molecule has 0 saturated heterocycles. The molecule has 1 aromatic carbocycles. The average Bonchev–Trinajstić information content (AvgIpc) is 3.01. The van der Waals surface area contributed by atoms with Crippen LogP contribution in [0.2, 0.25) is 0 Å². The summed E-state index contributed by atoms with van der Waals surface area (Å²) in [6.07, 6.45) is 7.20. The number of benzene rings is 1. The van der Waals surface area contributed by atoms with Gasteiger partial charge in [0, 0.05) is 6.04 Å². The molecule has 0 spiro atoms. The Bertz CT molecular complexity index is 439. The summed E-state index contributed by atoms with van der Waals surface area (Å²) in [7, 11) is 0. The van der Waals surface area contributed by atoms with Crippen molar-refractivity contribution in [3.8, 4) is 5.75 Å². The molecule has 2 aliphatic rings. The third kappa shape index (κ3) is 3.01. The molecule has 1 aromatic rings. The number of fused-ring (bicyclic) bond motifs is 2. The van der Waals surface area contributed by atoms with Crippen LogP contribution in [0.4, 0.5) is 0 Å². The lowest BCUT2D eigenvalue weighted by Crippen LogP contribution is -2.19. The molecule has 2 nitrogen and oxygen atoms in total. The maximum Gasteiger partial charge on any atom is 0.119 e. The minimum absolute atomic E-state index is 0.187. The molecule has 2 fully saturated rings. The van der Waals surface area contributed by atoms with Crippen molar-refractivity contribution in [2.45, 2.75) is 58.1 Å². The van der Waals surface area contributed by atoms with Crippen molar-refractivity contribution in [2.24, 2.45) is 23.5 Å². The van der Waals surface area contributed by atoms with Crippen molar-refractivity contribution >= 4 is 0 Å². The fourth-order valence-electron chi connectivity index (χ4n) is 4.19. The van der Waals surface area contributed by atoms with E-state index in [1.165, 1.54) is 31.2 Å². The van der Waals surface area contributed by atoms with Crippen LogP contribution in [-0.4, -0.2) is 6.10 Å². The van der Waals surface area contributed by atoms with Crippen LogP contribution in [-0.2, 0) is 0 Å². The van der Waals surface area contributed by atoms with Crippen molar-refractivity contribution < 1.29 is 4.74 Å². The second-order valence-corrected chi connectivity index (χ2v) is 7.01. The Labute approximate surface area is 122 Å². The first-order chi connectivity index (χ1) is 9.61. The summed E-state index contributed by atoms with van der Waals surface area (Å²) in [5.74, 6) is 3.79. The van der Waals surface area contributed by atoms with E-state index in [0.29, 0.717) is 0 Å². The molecule has 3 rings (SSSR count). The molecule has 0 aliphatic heterocycles. The monoisotopic (exact) mass is 273 g/mol. The molecule has 0 amide bonds. The van der Waals surface area contributed by atoms with Crippen molar-refractivity contribution in [1.82, 2.24) is 0 Å². The van der Waals surface area contributed by atoms with Gasteiger partial charge in [0.15, 0.2) is 0 Å². The van der Waals surface area contributed by atoms with E-state index in [1.54, 1.807) is 0 Å². The van der Waals surface area contributed by atoms with Crippen LogP contribution >= 0.6 is 0 Å². The van der Waals surface area contributed by atoms with E-state index < -0.39 is 0 Å². The molecule has 2 aliphatic carbocycles. The van der Waals surface area contributed by atoms with Gasteiger partial charge in [-0.15, -0.1) is 0 Å². The van der Waals surface area contributed by atoms with E-state index in [4.69, 9.17) is 10.5 Å². The molecule has 4 unspecified atom stereocenters. The summed E-state index contributed by atoms with van der Waals surface area (Å²) in [4.78, 5) is 0. The first-order valence-electron chi connectivity index (χ1n) is 8.14. The van der Waals surface area contributed by atoms with Crippen molar-refractivity contribution in [2.75, 3.05) is 0 Å². The molecule has 2 heteroatoms. The number of hydrogen-bond donors (Lipinski definition) is 1. The third-order valence-electron chi connectivity index (χ3n) is 5.12. The predicted molar refractivity (Wildman–Crippen MR) is 82.7 cm³/mol. The van der Waals surface area contributed by atoms with Crippen LogP contribution in [0.1, 0.15) is 57.6 Å². The molecule has 0 aromatic heterocycles. The lowest BCUT2D eigenvalue weighted by atomic mass is 9.83. The molecule has 20 heavy (non-hydrogen) atoms. The Morgan fingerprint density at radius 2 is 1.90 bits per heavy atom. The van der Waals surface area contributed by atoms with Gasteiger partial charge in [-0.05, 0) is 75.0 Å². The smallest absolute Gasteiger partial charge is 0.119 e. The van der Waals surface area contributed by atoms with E-state index in [1.807, 2.05) is 0 Å². The van der Waals surface area contributed by atoms with Gasteiger partial charge in [0.1, 0.15) is 5.75 Å². The van der Waals surface area contributed by atoms with E-state index in [0.717, 1.165) is 29.9 Å². The number of hydrogen-bond acceptors (Lipinski definition) is 2. The second kappa shape index (κ2) is 5.77. The van der Waals surface area contributed by atoms with E-state index in [-0.39, 0.29) is 12.1 Å². The maximum atomic E-state index is 6.42. The van der Waals surface area contributed by atoms with E-state index in [2.05, 4.69) is 38.1 Å². The largest absolute Gasteiger partial charge is 0.491 e. The summed E-state index contributed by atoms with van der Waals surface area (Å²) < 4.78 is 5.68. The zero-order valence-electron chi connectivity index (χ0n) is 12.7. The number of nitrogens with two attached hydrogens (primary N) is 1. The van der Waals surface area contributed by atoms with Gasteiger partial charge in [-0.1, -0.05) is 18.6 Å². The number of ether oxygens (including phenoxy) is 1. The topological polar surface area (TPSA) is 35.2 Å². The Morgan fingerprint density at radius 3 is 2.45 bits per heavy atom. The number of rotatable bonds is 5. The second-order valence-electron chi connectivity index (χ2n) is 7.01. The zero-order chi connectivity index (χ0) is 14.1. The highest BCUT2D eigenvalue weighted by Crippen LogP contribution is 2.50. The van der Waals surface area contributed by atoms with Crippen LogP contribution in [0.3, 0.4) is 0 Å². The highest BCUT2D eigenvalue weighted by Gasteiger charge is 2.39. The van der Waals surface area contributed by atoms with Gasteiger partial charge in [0.05, 0.1) is 6.10 Å². The lowest BCUT2D eigenvalue weighted by Gasteiger charge is -2.25. The highest BCUT2D eigenvalue weighted by molar-refractivity contribution is 5.29. The van der Waals surface area contributed by atoms with Gasteiger partial charge >= 0.3 is 0 Å². The summed E-state index contributed by atoms with van der Waals surface area (Å²) in [5, 5.41) is 0. The lowest BCUT2D eigenvalue weighted by molar-refractivity contribution is 0.242. The fraction of sp³-hybridized carbons (Fsp3) is 0.667. The average molecular weight is 273 g/mol. The van der Waals surface area contributed by atoms with Crippen molar-refractivity contribution in [1.29, 1.82) is 0 Å². The van der Waals surface area contributed by atoms with Crippen LogP contribution < -0.4 is 10.5 Å². The SMILES string of the molecule is CC(C)Oc1ccc(C(N)CC2CC3CCC2C3)cc1. The van der Waals surface area contributed by atoms with Crippen LogP contribution in [0.5, 0.6) is 5.75 Å². The van der Waals surface area contributed by atoms with Gasteiger partial charge in [-0.25, -0.2) is 0 Å². The summed E-state index contributed by atoms with van der Waals surface area (Å²) in [6, 6.07) is 8.56. The van der Waals surface area contributed by atoms with Gasteiger partial charge in [0.25, 0.3) is 0 Å². The molecule has 4 atom stereocenters. The molecule has 2 bridgehead atoms. The molecule has 0 radical (unpaired) electrons. The first kappa shape index (κ1) is 13.9. The molecule has 2 N–H and O–H groups in total. The zero-order valence-corrected chi connectivity index (χ0v) is 12.7. The Hall–Kier alpha value is -1.02. The minimum Gasteiger partial charge on any atom is -0.491 e. The van der Waals surface area contributed by atoms with Gasteiger partial charge < -0.3 is 10.5 Å². The predicted octanol–water partition coefficient (Wildman–Crippen LogP) is 4.30. The van der Waals surface area contributed by atoms with Gasteiger partial charge in [0.2, 0.25) is 0 Å². The Morgan fingerprint density at radius 1 is 1.15 bits per heavy atom. The molecular formula is C18H27NO. The first-order valence-corrected chi connectivity index (χ1v) is 8.14. The molecule has 0 heterocycles.